The number of ketones is 1. The average molecular weight is 210 g/mol. The number of carbonyl (C=O) groups excluding carboxylic acids is 1. The fourth-order valence-corrected chi connectivity index (χ4v) is 2.98. The van der Waals surface area contributed by atoms with Gasteiger partial charge in [-0.3, -0.25) is 9.78 Å². The third-order valence-electron chi connectivity index (χ3n) is 2.96. The Morgan fingerprint density at radius 3 is 3.00 bits per heavy atom. The summed E-state index contributed by atoms with van der Waals surface area (Å²) in [6, 6.07) is 0. The minimum absolute atomic E-state index is 0.315. The zero-order valence-electron chi connectivity index (χ0n) is 8.25. The van der Waals surface area contributed by atoms with Crippen molar-refractivity contribution in [2.24, 2.45) is 0 Å². The van der Waals surface area contributed by atoms with Crippen LogP contribution in [0.15, 0.2) is 11.7 Å². The molecular formula is C10H14N2OS. The molecule has 0 unspecified atom stereocenters. The molecule has 1 aromatic rings. The minimum Gasteiger partial charge on any atom is -0.304 e. The smallest absolute Gasteiger partial charge is 0.158 e. The molecule has 1 aromatic heterocycles. The highest BCUT2D eigenvalue weighted by Crippen LogP contribution is 2.35. The number of aromatic nitrogens is 1. The van der Waals surface area contributed by atoms with Crippen LogP contribution in [0.1, 0.15) is 30.6 Å². The Hall–Kier alpha value is -0.740. The summed E-state index contributed by atoms with van der Waals surface area (Å²) in [4.78, 5) is 17.1. The number of likely N-dealkylation sites (N-methyl/N-ethyl adjacent to an activating group) is 1. The maximum absolute atomic E-state index is 12.0. The lowest BCUT2D eigenvalue weighted by Gasteiger charge is -2.34. The van der Waals surface area contributed by atoms with Crippen molar-refractivity contribution in [3.8, 4) is 0 Å². The van der Waals surface area contributed by atoms with Crippen LogP contribution in [0, 0.1) is 0 Å². The average Bonchev–Trinajstić information content (AvgIpc) is 2.72. The summed E-state index contributed by atoms with van der Waals surface area (Å²) < 4.78 is 0. The Labute approximate surface area is 87.6 Å². The van der Waals surface area contributed by atoms with Crippen molar-refractivity contribution in [3.05, 3.63) is 16.6 Å². The van der Waals surface area contributed by atoms with Crippen LogP contribution < -0.4 is 5.32 Å². The first kappa shape index (κ1) is 9.80. The van der Waals surface area contributed by atoms with E-state index in [1.54, 1.807) is 16.8 Å². The van der Waals surface area contributed by atoms with Crippen LogP contribution in [0.3, 0.4) is 0 Å². The second-order valence-corrected chi connectivity index (χ2v) is 4.54. The van der Waals surface area contributed by atoms with Gasteiger partial charge in [-0.25, -0.2) is 0 Å². The third-order valence-corrected chi connectivity index (χ3v) is 3.90. The van der Waals surface area contributed by atoms with Gasteiger partial charge in [0.25, 0.3) is 0 Å². The number of hydrogen-bond donors (Lipinski definition) is 1. The number of carbonyl (C=O) groups is 1. The topological polar surface area (TPSA) is 42.0 Å². The molecule has 1 aliphatic rings. The van der Waals surface area contributed by atoms with Gasteiger partial charge in [-0.2, -0.15) is 0 Å². The highest BCUT2D eigenvalue weighted by molar-refractivity contribution is 7.09. The Balaban J connectivity index is 2.37. The molecule has 2 rings (SSSR count). The first-order chi connectivity index (χ1) is 6.79. The Kier molecular flexibility index (Phi) is 2.65. The second-order valence-electron chi connectivity index (χ2n) is 3.65. The van der Waals surface area contributed by atoms with Gasteiger partial charge < -0.3 is 5.32 Å². The molecule has 0 saturated heterocycles. The van der Waals surface area contributed by atoms with Crippen LogP contribution in [0.4, 0.5) is 0 Å². The fourth-order valence-electron chi connectivity index (χ4n) is 2.10. The molecule has 4 heteroatoms. The van der Waals surface area contributed by atoms with Crippen molar-refractivity contribution in [2.45, 2.75) is 31.2 Å². The quantitative estimate of drug-likeness (QED) is 0.808. The number of Topliss-reactive ketones (excluding diaryl/α,β-unsaturated/α-hetero) is 1. The van der Waals surface area contributed by atoms with Crippen LogP contribution in [0.5, 0.6) is 0 Å². The number of thiazole rings is 1. The largest absolute Gasteiger partial charge is 0.304 e. The summed E-state index contributed by atoms with van der Waals surface area (Å²) in [7, 11) is 1.86. The molecule has 1 atom stereocenters. The van der Waals surface area contributed by atoms with E-state index >= 15 is 0 Å². The summed E-state index contributed by atoms with van der Waals surface area (Å²) >= 11 is 1.56. The molecule has 1 saturated carbocycles. The molecule has 3 nitrogen and oxygen atoms in total. The van der Waals surface area contributed by atoms with Gasteiger partial charge in [0.15, 0.2) is 5.78 Å². The number of nitrogens with zero attached hydrogens (tertiary/aromatic N) is 1. The van der Waals surface area contributed by atoms with Crippen molar-refractivity contribution in [2.75, 3.05) is 7.05 Å². The van der Waals surface area contributed by atoms with Crippen molar-refractivity contribution in [1.29, 1.82) is 0 Å². The normalized spacial score (nSPS) is 27.9. The van der Waals surface area contributed by atoms with Gasteiger partial charge in [-0.1, -0.05) is 6.42 Å². The van der Waals surface area contributed by atoms with Gasteiger partial charge in [0.1, 0.15) is 5.54 Å². The van der Waals surface area contributed by atoms with E-state index in [0.29, 0.717) is 12.2 Å². The monoisotopic (exact) mass is 210 g/mol. The molecular weight excluding hydrogens is 196 g/mol. The lowest BCUT2D eigenvalue weighted by molar-refractivity contribution is -0.127. The first-order valence-corrected chi connectivity index (χ1v) is 5.79. The van der Waals surface area contributed by atoms with Crippen molar-refractivity contribution < 1.29 is 4.79 Å². The summed E-state index contributed by atoms with van der Waals surface area (Å²) in [5, 5.41) is 3.19. The van der Waals surface area contributed by atoms with E-state index in [1.807, 2.05) is 13.2 Å². The maximum atomic E-state index is 12.0. The standard InChI is InChI=1S/C10H14N2OS/c1-11-10(9-6-12-7-14-9)5-3-2-4-8(10)13/h6-7,11H,2-5H2,1H3/t10-/m0/s1. The van der Waals surface area contributed by atoms with Crippen LogP contribution in [0.25, 0.3) is 0 Å². The van der Waals surface area contributed by atoms with E-state index < -0.39 is 5.54 Å². The predicted molar refractivity (Wildman–Crippen MR) is 56.3 cm³/mol. The van der Waals surface area contributed by atoms with E-state index in [2.05, 4.69) is 10.3 Å². The number of hydrogen-bond acceptors (Lipinski definition) is 4. The van der Waals surface area contributed by atoms with Gasteiger partial charge in [-0.15, -0.1) is 11.3 Å². The predicted octanol–water partition coefficient (Wildman–Crippen LogP) is 1.70. The van der Waals surface area contributed by atoms with Crippen LogP contribution in [-0.2, 0) is 10.3 Å². The summed E-state index contributed by atoms with van der Waals surface area (Å²) in [5.74, 6) is 0.315. The van der Waals surface area contributed by atoms with E-state index in [0.717, 1.165) is 24.1 Å². The highest BCUT2D eigenvalue weighted by Gasteiger charge is 2.40. The molecule has 0 aliphatic heterocycles. The van der Waals surface area contributed by atoms with E-state index in [4.69, 9.17) is 0 Å². The van der Waals surface area contributed by atoms with E-state index in [9.17, 15) is 4.79 Å². The fraction of sp³-hybridized carbons (Fsp3) is 0.600. The van der Waals surface area contributed by atoms with Gasteiger partial charge in [0.05, 0.1) is 10.4 Å². The zero-order valence-corrected chi connectivity index (χ0v) is 9.06. The zero-order chi connectivity index (χ0) is 10.0. The van der Waals surface area contributed by atoms with Crippen LogP contribution in [0.2, 0.25) is 0 Å². The first-order valence-electron chi connectivity index (χ1n) is 4.91. The molecule has 0 bridgehead atoms. The van der Waals surface area contributed by atoms with Gasteiger partial charge >= 0.3 is 0 Å². The molecule has 14 heavy (non-hydrogen) atoms. The number of rotatable bonds is 2. The van der Waals surface area contributed by atoms with Gasteiger partial charge in [0, 0.05) is 12.6 Å². The highest BCUT2D eigenvalue weighted by atomic mass is 32.1. The van der Waals surface area contributed by atoms with E-state index in [1.165, 1.54) is 0 Å². The Morgan fingerprint density at radius 1 is 1.57 bits per heavy atom. The molecule has 1 N–H and O–H groups in total. The second kappa shape index (κ2) is 3.79. The van der Waals surface area contributed by atoms with Crippen LogP contribution >= 0.6 is 11.3 Å². The third kappa shape index (κ3) is 1.38. The molecule has 76 valence electrons. The van der Waals surface area contributed by atoms with Crippen LogP contribution in [-0.4, -0.2) is 17.8 Å². The summed E-state index contributed by atoms with van der Waals surface area (Å²) in [6.45, 7) is 0. The van der Waals surface area contributed by atoms with Gasteiger partial charge in [-0.05, 0) is 19.9 Å². The van der Waals surface area contributed by atoms with Crippen molar-refractivity contribution in [3.63, 3.8) is 0 Å². The van der Waals surface area contributed by atoms with Gasteiger partial charge in [0.2, 0.25) is 0 Å². The van der Waals surface area contributed by atoms with Crippen molar-refractivity contribution in [1.82, 2.24) is 10.3 Å². The lowest BCUT2D eigenvalue weighted by atomic mass is 9.80. The molecule has 0 amide bonds. The Bertz CT molecular complexity index is 323. The SMILES string of the molecule is CN[C@@]1(c2cncs2)CCCCC1=O. The Morgan fingerprint density at radius 2 is 2.43 bits per heavy atom. The molecule has 0 radical (unpaired) electrons. The lowest BCUT2D eigenvalue weighted by Crippen LogP contribution is -2.48. The molecule has 0 aromatic carbocycles. The molecule has 0 spiro atoms. The maximum Gasteiger partial charge on any atom is 0.158 e. The summed E-state index contributed by atoms with van der Waals surface area (Å²) in [6.07, 6.45) is 5.55. The van der Waals surface area contributed by atoms with E-state index in [-0.39, 0.29) is 0 Å². The molecule has 1 heterocycles. The molecule has 1 aliphatic carbocycles. The van der Waals surface area contributed by atoms with Crippen molar-refractivity contribution >= 4 is 17.1 Å². The molecule has 1 fully saturated rings. The number of nitrogens with one attached hydrogen (secondary N) is 1. The summed E-state index contributed by atoms with van der Waals surface area (Å²) in [5.41, 5.74) is 1.36. The minimum atomic E-state index is -0.431.